The normalized spacial score (nSPS) is 19.2. The summed E-state index contributed by atoms with van der Waals surface area (Å²) >= 11 is 0. The van der Waals surface area contributed by atoms with E-state index in [9.17, 15) is 0 Å². The summed E-state index contributed by atoms with van der Waals surface area (Å²) in [5.74, 6) is -0.637. The van der Waals surface area contributed by atoms with Crippen molar-refractivity contribution in [2.75, 3.05) is 0 Å². The Bertz CT molecular complexity index is 263. The van der Waals surface area contributed by atoms with Gasteiger partial charge in [0.05, 0.1) is 5.92 Å². The van der Waals surface area contributed by atoms with Crippen molar-refractivity contribution >= 4 is 17.6 Å². The van der Waals surface area contributed by atoms with E-state index >= 15 is 0 Å². The minimum Gasteiger partial charge on any atom is -0.481 e. The highest BCUT2D eigenvalue weighted by atomic mass is 16.4. The summed E-state index contributed by atoms with van der Waals surface area (Å²) in [5.41, 5.74) is 4.83. The van der Waals surface area contributed by atoms with E-state index < -0.39 is 5.97 Å². The van der Waals surface area contributed by atoms with Gasteiger partial charge in [-0.3, -0.25) is 15.6 Å². The number of carboxylic acids is 1. The zero-order valence-corrected chi connectivity index (χ0v) is 8.53. The topological polar surface area (TPSA) is 134 Å². The molecule has 0 atom stereocenters. The molecule has 0 spiro atoms. The molecule has 8 nitrogen and oxygen atoms in total. The number of amidine groups is 2. The molecule has 5 N–H and O–H groups in total. The quantitative estimate of drug-likeness (QED) is 0.435. The first-order valence-corrected chi connectivity index (χ1v) is 4.27. The van der Waals surface area contributed by atoms with Crippen LogP contribution >= 0.6 is 0 Å². The Morgan fingerprint density at radius 1 is 1.40 bits per heavy atom. The summed E-state index contributed by atoms with van der Waals surface area (Å²) in [5, 5.41) is 29.0. The minimum atomic E-state index is -0.833. The Labute approximate surface area is 86.7 Å². The average molecular weight is 214 g/mol. The number of nitrogens with zero attached hydrogens (tertiary/aromatic N) is 2. The largest absolute Gasteiger partial charge is 0.481 e. The van der Waals surface area contributed by atoms with Crippen molar-refractivity contribution in [3.8, 4) is 0 Å². The molecule has 0 unspecified atom stereocenters. The van der Waals surface area contributed by atoms with E-state index in [1.54, 1.807) is 0 Å². The number of nitrogens with one attached hydrogen (secondary N) is 4. The van der Waals surface area contributed by atoms with Gasteiger partial charge in [-0.05, 0) is 16.9 Å². The maximum atomic E-state index is 9.00. The second-order valence-corrected chi connectivity index (χ2v) is 2.73. The SMILES string of the molecule is CC(=O)O.CCC1C(=N)NN=NNC1=N. The van der Waals surface area contributed by atoms with E-state index in [1.807, 2.05) is 6.92 Å². The lowest BCUT2D eigenvalue weighted by Crippen LogP contribution is -2.33. The monoisotopic (exact) mass is 214 g/mol. The number of hydrogen-bond acceptors (Lipinski definition) is 5. The summed E-state index contributed by atoms with van der Waals surface area (Å²) in [6.07, 6.45) is 0.697. The summed E-state index contributed by atoms with van der Waals surface area (Å²) < 4.78 is 0. The number of hydrogen-bond donors (Lipinski definition) is 5. The molecule has 0 saturated heterocycles. The van der Waals surface area contributed by atoms with Crippen molar-refractivity contribution < 1.29 is 9.90 Å². The van der Waals surface area contributed by atoms with Gasteiger partial charge in [-0.2, -0.15) is 0 Å². The van der Waals surface area contributed by atoms with Gasteiger partial charge in [-0.25, -0.2) is 10.9 Å². The maximum absolute atomic E-state index is 9.00. The first-order valence-electron chi connectivity index (χ1n) is 4.27. The molecule has 84 valence electrons. The van der Waals surface area contributed by atoms with E-state index in [0.29, 0.717) is 6.42 Å². The Hall–Kier alpha value is -1.99. The van der Waals surface area contributed by atoms with Gasteiger partial charge in [0.25, 0.3) is 5.97 Å². The molecule has 15 heavy (non-hydrogen) atoms. The molecule has 0 aromatic rings. The molecule has 0 aromatic heterocycles. The molecule has 0 aromatic carbocycles. The van der Waals surface area contributed by atoms with Crippen LogP contribution in [0.15, 0.2) is 10.4 Å². The third-order valence-electron chi connectivity index (χ3n) is 1.50. The summed E-state index contributed by atoms with van der Waals surface area (Å²) in [7, 11) is 0. The third-order valence-corrected chi connectivity index (χ3v) is 1.50. The first-order chi connectivity index (χ1) is 6.99. The molecule has 1 aliphatic rings. The standard InChI is InChI=1S/C5H10N6.C2H4O2/c1-2-3-4(6)8-10-11-9-5(3)7;1-2(3)4/h3H,2H2,1H3,(H2,6,8,11)(H2,7,9,10);1H3,(H,3,4). The molecule has 1 aliphatic heterocycles. The van der Waals surface area contributed by atoms with Crippen molar-refractivity contribution in [2.45, 2.75) is 20.3 Å². The number of rotatable bonds is 1. The Kier molecular flexibility index (Phi) is 5.60. The summed E-state index contributed by atoms with van der Waals surface area (Å²) in [6.45, 7) is 2.99. The number of carbonyl (C=O) groups is 1. The van der Waals surface area contributed by atoms with Crippen molar-refractivity contribution in [3.63, 3.8) is 0 Å². The van der Waals surface area contributed by atoms with E-state index in [0.717, 1.165) is 6.92 Å². The highest BCUT2D eigenvalue weighted by Crippen LogP contribution is 2.04. The molecule has 0 bridgehead atoms. The van der Waals surface area contributed by atoms with Crippen molar-refractivity contribution in [2.24, 2.45) is 16.4 Å². The zero-order valence-electron chi connectivity index (χ0n) is 8.53. The minimum absolute atomic E-state index is 0.214. The highest BCUT2D eigenvalue weighted by Gasteiger charge is 2.19. The lowest BCUT2D eigenvalue weighted by molar-refractivity contribution is -0.134. The molecule has 0 amide bonds. The fourth-order valence-electron chi connectivity index (χ4n) is 0.866. The van der Waals surface area contributed by atoms with Crippen LogP contribution in [0.2, 0.25) is 0 Å². The Morgan fingerprint density at radius 3 is 2.00 bits per heavy atom. The molecule has 0 saturated carbocycles. The molecular weight excluding hydrogens is 200 g/mol. The van der Waals surface area contributed by atoms with Crippen molar-refractivity contribution in [3.05, 3.63) is 0 Å². The van der Waals surface area contributed by atoms with Crippen LogP contribution in [0.4, 0.5) is 0 Å². The van der Waals surface area contributed by atoms with Crippen LogP contribution in [0.25, 0.3) is 0 Å². The van der Waals surface area contributed by atoms with Gasteiger partial charge in [-0.15, -0.1) is 0 Å². The van der Waals surface area contributed by atoms with E-state index in [-0.39, 0.29) is 17.6 Å². The van der Waals surface area contributed by atoms with Crippen LogP contribution in [0.3, 0.4) is 0 Å². The Morgan fingerprint density at radius 2 is 1.73 bits per heavy atom. The molecule has 8 heteroatoms. The van der Waals surface area contributed by atoms with Crippen molar-refractivity contribution in [1.82, 2.24) is 10.9 Å². The van der Waals surface area contributed by atoms with Gasteiger partial charge in [0.2, 0.25) is 0 Å². The van der Waals surface area contributed by atoms with Gasteiger partial charge in [0.1, 0.15) is 11.7 Å². The van der Waals surface area contributed by atoms with Crippen LogP contribution in [-0.4, -0.2) is 22.7 Å². The van der Waals surface area contributed by atoms with E-state index in [1.165, 1.54) is 0 Å². The van der Waals surface area contributed by atoms with Crippen LogP contribution in [0.5, 0.6) is 0 Å². The van der Waals surface area contributed by atoms with Crippen LogP contribution in [0, 0.1) is 16.7 Å². The van der Waals surface area contributed by atoms with Gasteiger partial charge < -0.3 is 5.11 Å². The average Bonchev–Trinajstić information content (AvgIpc) is 2.26. The highest BCUT2D eigenvalue weighted by molar-refractivity contribution is 6.02. The summed E-state index contributed by atoms with van der Waals surface area (Å²) in [4.78, 5) is 9.00. The van der Waals surface area contributed by atoms with Gasteiger partial charge >= 0.3 is 0 Å². The fraction of sp³-hybridized carbons (Fsp3) is 0.571. The third kappa shape index (κ3) is 5.34. The predicted octanol–water partition coefficient (Wildman–Crippen LogP) is 0.533. The second kappa shape index (κ2) is 6.46. The molecule has 1 rings (SSSR count). The van der Waals surface area contributed by atoms with E-state index in [2.05, 4.69) is 21.3 Å². The number of carboxylic acid groups (broad SMARTS) is 1. The lowest BCUT2D eigenvalue weighted by Gasteiger charge is -2.11. The summed E-state index contributed by atoms with van der Waals surface area (Å²) in [6, 6.07) is 0. The lowest BCUT2D eigenvalue weighted by atomic mass is 10.0. The molecule has 0 radical (unpaired) electrons. The Balaban J connectivity index is 0.000000423. The van der Waals surface area contributed by atoms with Crippen molar-refractivity contribution in [1.29, 1.82) is 10.8 Å². The fourth-order valence-corrected chi connectivity index (χ4v) is 0.866. The van der Waals surface area contributed by atoms with E-state index in [4.69, 9.17) is 20.7 Å². The molecular formula is C7H14N6O2. The predicted molar refractivity (Wildman–Crippen MR) is 53.7 cm³/mol. The van der Waals surface area contributed by atoms with Crippen LogP contribution < -0.4 is 10.9 Å². The van der Waals surface area contributed by atoms with Gasteiger partial charge in [-0.1, -0.05) is 6.92 Å². The second-order valence-electron chi connectivity index (χ2n) is 2.73. The number of aliphatic carboxylic acids is 1. The molecule has 0 fully saturated rings. The van der Waals surface area contributed by atoms with Gasteiger partial charge in [0.15, 0.2) is 0 Å². The first kappa shape index (κ1) is 13.0. The smallest absolute Gasteiger partial charge is 0.300 e. The molecule has 0 aliphatic carbocycles. The van der Waals surface area contributed by atoms with Crippen LogP contribution in [-0.2, 0) is 4.79 Å². The van der Waals surface area contributed by atoms with Crippen LogP contribution in [0.1, 0.15) is 20.3 Å². The maximum Gasteiger partial charge on any atom is 0.300 e. The molecule has 1 heterocycles. The van der Waals surface area contributed by atoms with Gasteiger partial charge in [0, 0.05) is 6.92 Å². The zero-order chi connectivity index (χ0) is 11.8.